The van der Waals surface area contributed by atoms with Crippen molar-refractivity contribution < 1.29 is 4.79 Å². The summed E-state index contributed by atoms with van der Waals surface area (Å²) < 4.78 is 1.02. The molecule has 2 aromatic rings. The summed E-state index contributed by atoms with van der Waals surface area (Å²) in [6.45, 7) is 3.99. The smallest absolute Gasteiger partial charge is 0.225 e. The molecule has 0 radical (unpaired) electrons. The van der Waals surface area contributed by atoms with E-state index < -0.39 is 0 Å². The Morgan fingerprint density at radius 2 is 1.71 bits per heavy atom. The van der Waals surface area contributed by atoms with Gasteiger partial charge in [0.25, 0.3) is 0 Å². The van der Waals surface area contributed by atoms with E-state index in [0.29, 0.717) is 24.0 Å². The molecule has 0 aliphatic heterocycles. The van der Waals surface area contributed by atoms with Crippen LogP contribution in [0.4, 0.5) is 17.3 Å². The number of anilines is 3. The van der Waals surface area contributed by atoms with Crippen molar-refractivity contribution in [2.45, 2.75) is 20.3 Å². The first kappa shape index (κ1) is 15.4. The Kier molecular flexibility index (Phi) is 5.27. The van der Waals surface area contributed by atoms with Gasteiger partial charge in [0.15, 0.2) is 11.6 Å². The van der Waals surface area contributed by atoms with E-state index in [-0.39, 0.29) is 5.91 Å². The van der Waals surface area contributed by atoms with E-state index >= 15 is 0 Å². The number of amides is 1. The highest BCUT2D eigenvalue weighted by Crippen LogP contribution is 2.18. The van der Waals surface area contributed by atoms with Crippen molar-refractivity contribution in [3.05, 3.63) is 40.9 Å². The first-order valence-corrected chi connectivity index (χ1v) is 7.48. The first-order chi connectivity index (χ1) is 10.0. The number of rotatable bonds is 5. The van der Waals surface area contributed by atoms with Crippen LogP contribution in [0, 0.1) is 5.92 Å². The van der Waals surface area contributed by atoms with Crippen LogP contribution >= 0.6 is 15.9 Å². The molecule has 0 bridgehead atoms. The van der Waals surface area contributed by atoms with Crippen LogP contribution in [0.5, 0.6) is 0 Å². The highest BCUT2D eigenvalue weighted by molar-refractivity contribution is 9.10. The van der Waals surface area contributed by atoms with Crippen LogP contribution < -0.4 is 10.6 Å². The summed E-state index contributed by atoms with van der Waals surface area (Å²) in [5, 5.41) is 13.9. The Bertz CT molecular complexity index is 596. The van der Waals surface area contributed by atoms with Gasteiger partial charge < -0.3 is 10.6 Å². The number of carbonyl (C=O) groups excluding carboxylic acids is 1. The topological polar surface area (TPSA) is 66.9 Å². The van der Waals surface area contributed by atoms with Gasteiger partial charge in [-0.05, 0) is 42.3 Å². The van der Waals surface area contributed by atoms with Gasteiger partial charge in [-0.1, -0.05) is 29.8 Å². The fourth-order valence-corrected chi connectivity index (χ4v) is 1.98. The second kappa shape index (κ2) is 7.17. The minimum atomic E-state index is -0.0482. The molecular weight excluding hydrogens is 332 g/mol. The molecule has 0 fully saturated rings. The molecule has 2 N–H and O–H groups in total. The van der Waals surface area contributed by atoms with E-state index in [2.05, 4.69) is 36.8 Å². The fourth-order valence-electron chi connectivity index (χ4n) is 1.71. The molecule has 0 spiro atoms. The number of hydrogen-bond donors (Lipinski definition) is 2. The van der Waals surface area contributed by atoms with Gasteiger partial charge in [0, 0.05) is 16.6 Å². The molecule has 2 rings (SSSR count). The molecule has 0 saturated carbocycles. The van der Waals surface area contributed by atoms with Crippen LogP contribution in [-0.2, 0) is 4.79 Å². The average Bonchev–Trinajstić information content (AvgIpc) is 2.42. The summed E-state index contributed by atoms with van der Waals surface area (Å²) in [7, 11) is 0. The van der Waals surface area contributed by atoms with Gasteiger partial charge in [-0.25, -0.2) is 0 Å². The van der Waals surface area contributed by atoms with Crippen molar-refractivity contribution in [3.8, 4) is 0 Å². The maximum atomic E-state index is 11.6. The van der Waals surface area contributed by atoms with Crippen LogP contribution in [0.25, 0.3) is 0 Å². The summed E-state index contributed by atoms with van der Waals surface area (Å²) in [5.41, 5.74) is 0.920. The quantitative estimate of drug-likeness (QED) is 0.857. The minimum Gasteiger partial charge on any atom is -0.339 e. The van der Waals surface area contributed by atoms with Gasteiger partial charge in [0.05, 0.1) is 0 Å². The summed E-state index contributed by atoms with van der Waals surface area (Å²) in [5.74, 6) is 1.35. The van der Waals surface area contributed by atoms with Crippen LogP contribution in [0.1, 0.15) is 20.3 Å². The van der Waals surface area contributed by atoms with Crippen molar-refractivity contribution in [1.82, 2.24) is 10.2 Å². The molecule has 21 heavy (non-hydrogen) atoms. The zero-order valence-corrected chi connectivity index (χ0v) is 13.5. The Morgan fingerprint density at radius 1 is 1.10 bits per heavy atom. The van der Waals surface area contributed by atoms with E-state index in [1.165, 1.54) is 0 Å². The van der Waals surface area contributed by atoms with Crippen molar-refractivity contribution in [2.75, 3.05) is 10.6 Å². The van der Waals surface area contributed by atoms with Crippen LogP contribution in [0.2, 0.25) is 0 Å². The van der Waals surface area contributed by atoms with E-state index in [9.17, 15) is 4.79 Å². The highest BCUT2D eigenvalue weighted by Gasteiger charge is 2.06. The van der Waals surface area contributed by atoms with Gasteiger partial charge >= 0.3 is 0 Å². The lowest BCUT2D eigenvalue weighted by atomic mass is 10.1. The lowest BCUT2D eigenvalue weighted by molar-refractivity contribution is -0.116. The summed E-state index contributed by atoms with van der Waals surface area (Å²) in [6, 6.07) is 11.3. The van der Waals surface area contributed by atoms with Crippen LogP contribution in [0.3, 0.4) is 0 Å². The lowest BCUT2D eigenvalue weighted by Gasteiger charge is -2.07. The minimum absolute atomic E-state index is 0.0482. The Morgan fingerprint density at radius 3 is 2.29 bits per heavy atom. The van der Waals surface area contributed by atoms with Gasteiger partial charge in [-0.15, -0.1) is 10.2 Å². The fraction of sp³-hybridized carbons (Fsp3) is 0.267. The standard InChI is InChI=1S/C15H17BrN4O/c1-10(2)9-15(21)18-14-8-7-13(19-20-14)17-12-5-3-11(16)4-6-12/h3-8,10H,9H2,1-2H3,(H,17,19)(H,18,20,21). The van der Waals surface area contributed by atoms with Crippen molar-refractivity contribution in [1.29, 1.82) is 0 Å². The van der Waals surface area contributed by atoms with Crippen molar-refractivity contribution in [3.63, 3.8) is 0 Å². The molecule has 1 aromatic carbocycles. The predicted molar refractivity (Wildman–Crippen MR) is 87.5 cm³/mol. The molecule has 0 saturated heterocycles. The Hall–Kier alpha value is -1.95. The number of nitrogens with one attached hydrogen (secondary N) is 2. The normalized spacial score (nSPS) is 10.5. The summed E-state index contributed by atoms with van der Waals surface area (Å²) in [6.07, 6.45) is 0.473. The molecule has 1 heterocycles. The summed E-state index contributed by atoms with van der Waals surface area (Å²) in [4.78, 5) is 11.6. The second-order valence-corrected chi connectivity index (χ2v) is 6.00. The zero-order chi connectivity index (χ0) is 15.2. The molecule has 110 valence electrons. The third-order valence-corrected chi connectivity index (χ3v) is 3.17. The predicted octanol–water partition coefficient (Wildman–Crippen LogP) is 3.97. The maximum absolute atomic E-state index is 11.6. The molecular formula is C15H17BrN4O. The molecule has 6 heteroatoms. The van der Waals surface area contributed by atoms with Gasteiger partial charge in [0.1, 0.15) is 0 Å². The molecule has 1 amide bonds. The lowest BCUT2D eigenvalue weighted by Crippen LogP contribution is -2.15. The average molecular weight is 349 g/mol. The number of aromatic nitrogens is 2. The number of benzene rings is 1. The molecule has 0 atom stereocenters. The maximum Gasteiger partial charge on any atom is 0.225 e. The number of hydrogen-bond acceptors (Lipinski definition) is 4. The molecule has 0 aliphatic rings. The van der Waals surface area contributed by atoms with Crippen LogP contribution in [0.15, 0.2) is 40.9 Å². The molecule has 5 nitrogen and oxygen atoms in total. The first-order valence-electron chi connectivity index (χ1n) is 6.69. The Labute approximate surface area is 132 Å². The van der Waals surface area contributed by atoms with Crippen LogP contribution in [-0.4, -0.2) is 16.1 Å². The zero-order valence-electron chi connectivity index (χ0n) is 11.9. The largest absolute Gasteiger partial charge is 0.339 e. The number of carbonyl (C=O) groups is 1. The molecule has 0 aliphatic carbocycles. The SMILES string of the molecule is CC(C)CC(=O)Nc1ccc(Nc2ccc(Br)cc2)nn1. The second-order valence-electron chi connectivity index (χ2n) is 5.08. The third kappa shape index (κ3) is 5.15. The monoisotopic (exact) mass is 348 g/mol. The third-order valence-electron chi connectivity index (χ3n) is 2.64. The molecule has 0 unspecified atom stereocenters. The van der Waals surface area contributed by atoms with Crippen molar-refractivity contribution in [2.24, 2.45) is 5.92 Å². The van der Waals surface area contributed by atoms with Crippen molar-refractivity contribution >= 4 is 39.2 Å². The summed E-state index contributed by atoms with van der Waals surface area (Å²) >= 11 is 3.38. The highest BCUT2D eigenvalue weighted by atomic mass is 79.9. The van der Waals surface area contributed by atoms with Gasteiger partial charge in [0.2, 0.25) is 5.91 Å². The van der Waals surface area contributed by atoms with Gasteiger partial charge in [-0.3, -0.25) is 4.79 Å². The van der Waals surface area contributed by atoms with E-state index in [1.807, 2.05) is 38.1 Å². The molecule has 1 aromatic heterocycles. The number of nitrogens with zero attached hydrogens (tertiary/aromatic N) is 2. The van der Waals surface area contributed by atoms with Gasteiger partial charge in [-0.2, -0.15) is 0 Å². The number of halogens is 1. The van der Waals surface area contributed by atoms with E-state index in [0.717, 1.165) is 10.2 Å². The van der Waals surface area contributed by atoms with E-state index in [1.54, 1.807) is 12.1 Å². The van der Waals surface area contributed by atoms with E-state index in [4.69, 9.17) is 0 Å². The Balaban J connectivity index is 1.95.